The second-order valence-corrected chi connectivity index (χ2v) is 3.46. The minimum Gasteiger partial charge on any atom is -0.477 e. The van der Waals surface area contributed by atoms with E-state index in [9.17, 15) is 4.79 Å². The molecule has 0 saturated carbocycles. The van der Waals surface area contributed by atoms with Crippen molar-refractivity contribution in [2.75, 3.05) is 5.43 Å². The maximum Gasteiger partial charge on any atom is 0.353 e. The summed E-state index contributed by atoms with van der Waals surface area (Å²) in [5.41, 5.74) is 5.82. The number of hydrogen-bond acceptors (Lipinski definition) is 3. The molecule has 0 aliphatic heterocycles. The second kappa shape index (κ2) is 4.66. The Bertz CT molecular complexity index is 348. The second-order valence-electron chi connectivity index (χ2n) is 2.54. The molecule has 0 saturated heterocycles. The summed E-state index contributed by atoms with van der Waals surface area (Å²) in [5.74, 6) is -1.09. The van der Waals surface area contributed by atoms with Crippen molar-refractivity contribution in [1.29, 1.82) is 0 Å². The van der Waals surface area contributed by atoms with E-state index in [1.54, 1.807) is 12.1 Å². The lowest BCUT2D eigenvalue weighted by molar-refractivity contribution is -0.133. The average molecular weight is 257 g/mol. The first-order chi connectivity index (χ1) is 6.59. The molecule has 0 bridgehead atoms. The SMILES string of the molecule is C=C(NNc1ccc(Br)cc1)C(=O)O. The summed E-state index contributed by atoms with van der Waals surface area (Å²) < 4.78 is 0.958. The smallest absolute Gasteiger partial charge is 0.353 e. The van der Waals surface area contributed by atoms with Crippen molar-refractivity contribution in [1.82, 2.24) is 5.43 Å². The molecule has 1 aromatic carbocycles. The Kier molecular flexibility index (Phi) is 3.53. The van der Waals surface area contributed by atoms with Gasteiger partial charge in [0.15, 0.2) is 0 Å². The van der Waals surface area contributed by atoms with Crippen molar-refractivity contribution in [3.63, 3.8) is 0 Å². The highest BCUT2D eigenvalue weighted by Crippen LogP contribution is 2.13. The number of benzene rings is 1. The zero-order chi connectivity index (χ0) is 10.6. The van der Waals surface area contributed by atoms with Crippen molar-refractivity contribution < 1.29 is 9.90 Å². The fraction of sp³-hybridized carbons (Fsp3) is 0. The van der Waals surface area contributed by atoms with Crippen molar-refractivity contribution in [2.45, 2.75) is 0 Å². The molecule has 0 heterocycles. The number of hydrazine groups is 1. The normalized spacial score (nSPS) is 9.21. The summed E-state index contributed by atoms with van der Waals surface area (Å²) in [5, 5.41) is 8.49. The Balaban J connectivity index is 2.50. The van der Waals surface area contributed by atoms with Crippen molar-refractivity contribution in [2.24, 2.45) is 0 Å². The molecule has 0 aliphatic rings. The monoisotopic (exact) mass is 256 g/mol. The van der Waals surface area contributed by atoms with Crippen molar-refractivity contribution >= 4 is 27.6 Å². The molecule has 14 heavy (non-hydrogen) atoms. The molecule has 0 radical (unpaired) electrons. The Morgan fingerprint density at radius 2 is 1.93 bits per heavy atom. The summed E-state index contributed by atoms with van der Waals surface area (Å²) in [6.07, 6.45) is 0. The van der Waals surface area contributed by atoms with E-state index in [4.69, 9.17) is 5.11 Å². The summed E-state index contributed by atoms with van der Waals surface area (Å²) in [6, 6.07) is 7.28. The Hall–Kier alpha value is -1.49. The van der Waals surface area contributed by atoms with Gasteiger partial charge in [-0.25, -0.2) is 4.79 Å². The number of anilines is 1. The van der Waals surface area contributed by atoms with Crippen molar-refractivity contribution in [3.05, 3.63) is 41.0 Å². The molecule has 1 aromatic rings. The van der Waals surface area contributed by atoms with Crippen LogP contribution < -0.4 is 10.9 Å². The van der Waals surface area contributed by atoms with Crippen LogP contribution in [0, 0.1) is 0 Å². The minimum atomic E-state index is -1.09. The van der Waals surface area contributed by atoms with Crippen LogP contribution >= 0.6 is 15.9 Å². The topological polar surface area (TPSA) is 61.4 Å². The van der Waals surface area contributed by atoms with Gasteiger partial charge in [0.1, 0.15) is 5.70 Å². The van der Waals surface area contributed by atoms with Crippen LogP contribution in [0.25, 0.3) is 0 Å². The van der Waals surface area contributed by atoms with Crippen LogP contribution in [-0.4, -0.2) is 11.1 Å². The lowest BCUT2D eigenvalue weighted by Crippen LogP contribution is -2.24. The number of hydrogen-bond donors (Lipinski definition) is 3. The van der Waals surface area contributed by atoms with Crippen molar-refractivity contribution in [3.8, 4) is 0 Å². The van der Waals surface area contributed by atoms with E-state index < -0.39 is 5.97 Å². The molecular formula is C9H9BrN2O2. The van der Waals surface area contributed by atoms with Crippen LogP contribution in [0.1, 0.15) is 0 Å². The van der Waals surface area contributed by atoms with Crippen LogP contribution in [-0.2, 0) is 4.79 Å². The van der Waals surface area contributed by atoms with E-state index in [0.29, 0.717) is 0 Å². The highest BCUT2D eigenvalue weighted by Gasteiger charge is 2.01. The van der Waals surface area contributed by atoms with Crippen LogP contribution in [0.15, 0.2) is 41.0 Å². The number of nitrogens with one attached hydrogen (secondary N) is 2. The van der Waals surface area contributed by atoms with Crippen LogP contribution in [0.5, 0.6) is 0 Å². The van der Waals surface area contributed by atoms with Gasteiger partial charge in [-0.05, 0) is 24.3 Å². The predicted octanol–water partition coefficient (Wildman–Crippen LogP) is 1.96. The summed E-state index contributed by atoms with van der Waals surface area (Å²) >= 11 is 3.29. The van der Waals surface area contributed by atoms with E-state index in [-0.39, 0.29) is 5.70 Å². The molecule has 5 heteroatoms. The first kappa shape index (κ1) is 10.6. The first-order valence-electron chi connectivity index (χ1n) is 3.79. The highest BCUT2D eigenvalue weighted by molar-refractivity contribution is 9.10. The number of carboxylic acid groups (broad SMARTS) is 1. The van der Waals surface area contributed by atoms with Crippen LogP contribution in [0.3, 0.4) is 0 Å². The highest BCUT2D eigenvalue weighted by atomic mass is 79.9. The Morgan fingerprint density at radius 3 is 2.43 bits per heavy atom. The van der Waals surface area contributed by atoms with Crippen LogP contribution in [0.2, 0.25) is 0 Å². The molecule has 0 spiro atoms. The third kappa shape index (κ3) is 3.10. The van der Waals surface area contributed by atoms with Gasteiger partial charge in [0, 0.05) is 4.47 Å². The molecule has 74 valence electrons. The zero-order valence-corrected chi connectivity index (χ0v) is 8.84. The molecule has 0 fully saturated rings. The summed E-state index contributed by atoms with van der Waals surface area (Å²) in [6.45, 7) is 3.30. The van der Waals surface area contributed by atoms with Gasteiger partial charge in [-0.15, -0.1) is 0 Å². The fourth-order valence-electron chi connectivity index (χ4n) is 0.734. The van der Waals surface area contributed by atoms with Gasteiger partial charge in [-0.2, -0.15) is 0 Å². The Labute approximate surface area is 89.7 Å². The molecule has 4 nitrogen and oxygen atoms in total. The van der Waals surface area contributed by atoms with Gasteiger partial charge >= 0.3 is 5.97 Å². The average Bonchev–Trinajstić information content (AvgIpc) is 2.16. The third-order valence-corrected chi connectivity index (χ3v) is 1.99. The van der Waals surface area contributed by atoms with E-state index in [1.165, 1.54) is 0 Å². The van der Waals surface area contributed by atoms with E-state index in [0.717, 1.165) is 10.2 Å². The van der Waals surface area contributed by atoms with Gasteiger partial charge in [0.2, 0.25) is 0 Å². The zero-order valence-electron chi connectivity index (χ0n) is 7.25. The molecule has 3 N–H and O–H groups in total. The fourth-order valence-corrected chi connectivity index (χ4v) is 0.999. The number of carbonyl (C=O) groups is 1. The number of rotatable bonds is 4. The van der Waals surface area contributed by atoms with E-state index in [1.807, 2.05) is 12.1 Å². The lowest BCUT2D eigenvalue weighted by atomic mass is 10.3. The molecule has 0 atom stereocenters. The van der Waals surface area contributed by atoms with E-state index >= 15 is 0 Å². The molecule has 1 rings (SSSR count). The van der Waals surface area contributed by atoms with Gasteiger partial charge in [0.25, 0.3) is 0 Å². The lowest BCUT2D eigenvalue weighted by Gasteiger charge is -2.08. The van der Waals surface area contributed by atoms with Crippen LogP contribution in [0.4, 0.5) is 5.69 Å². The first-order valence-corrected chi connectivity index (χ1v) is 4.58. The van der Waals surface area contributed by atoms with Gasteiger partial charge in [0.05, 0.1) is 5.69 Å². The number of carboxylic acids is 1. The maximum atomic E-state index is 10.4. The molecule has 0 aromatic heterocycles. The maximum absolute atomic E-state index is 10.4. The van der Waals surface area contributed by atoms with Gasteiger partial charge in [-0.1, -0.05) is 22.5 Å². The largest absolute Gasteiger partial charge is 0.477 e. The third-order valence-electron chi connectivity index (χ3n) is 1.46. The van der Waals surface area contributed by atoms with E-state index in [2.05, 4.69) is 33.4 Å². The molecular weight excluding hydrogens is 248 g/mol. The molecule has 0 unspecified atom stereocenters. The molecule has 0 amide bonds. The minimum absolute atomic E-state index is 0.104. The quantitative estimate of drug-likeness (QED) is 0.570. The standard InChI is InChI=1S/C9H9BrN2O2/c1-6(9(13)14)11-12-8-4-2-7(10)3-5-8/h2-5,11-12H,1H2,(H,13,14). The Morgan fingerprint density at radius 1 is 1.36 bits per heavy atom. The number of aliphatic carboxylic acids is 1. The molecule has 0 aliphatic carbocycles. The summed E-state index contributed by atoms with van der Waals surface area (Å²) in [7, 11) is 0. The number of halogens is 1. The predicted molar refractivity (Wildman–Crippen MR) is 57.7 cm³/mol. The van der Waals surface area contributed by atoms with Gasteiger partial charge in [-0.3, -0.25) is 5.43 Å². The van der Waals surface area contributed by atoms with Gasteiger partial charge < -0.3 is 10.5 Å². The summed E-state index contributed by atoms with van der Waals surface area (Å²) in [4.78, 5) is 10.4.